The average molecular weight is 743 g/mol. The maximum Gasteiger partial charge on any atom is 0.490 e. The Balaban J connectivity index is 0.000000944. The molecule has 0 unspecified atom stereocenters. The van der Waals surface area contributed by atoms with Gasteiger partial charge in [-0.2, -0.15) is 26.3 Å². The molecule has 52 heavy (non-hydrogen) atoms. The molecule has 1 saturated carbocycles. The first kappa shape index (κ1) is 42.0. The number of carboxylic acids is 1. The van der Waals surface area contributed by atoms with Crippen LogP contribution in [-0.4, -0.2) is 88.6 Å². The maximum atomic E-state index is 14.2. The van der Waals surface area contributed by atoms with Gasteiger partial charge in [0, 0.05) is 20.1 Å². The molecule has 0 saturated heterocycles. The summed E-state index contributed by atoms with van der Waals surface area (Å²) in [4.78, 5) is 53.0. The fourth-order valence-corrected chi connectivity index (χ4v) is 6.22. The van der Waals surface area contributed by atoms with Crippen LogP contribution in [0.4, 0.5) is 26.3 Å². The van der Waals surface area contributed by atoms with E-state index in [9.17, 15) is 40.7 Å². The molecule has 0 aromatic heterocycles. The molecule has 4 N–H and O–H groups in total. The third kappa shape index (κ3) is 10.3. The number of aliphatic carboxylic acids is 1. The van der Waals surface area contributed by atoms with Gasteiger partial charge in [-0.15, -0.1) is 0 Å². The van der Waals surface area contributed by atoms with Crippen LogP contribution >= 0.6 is 0 Å². The molecule has 1 aliphatic heterocycles. The lowest BCUT2D eigenvalue weighted by Crippen LogP contribution is -2.58. The summed E-state index contributed by atoms with van der Waals surface area (Å²) in [6.07, 6.45) is -5.72. The molecule has 0 bridgehead atoms. The molecular weight excluding hydrogens is 698 g/mol. The summed E-state index contributed by atoms with van der Waals surface area (Å²) in [6, 6.07) is 13.1. The lowest BCUT2D eigenvalue weighted by atomic mass is 9.75. The number of carbonyl (C=O) groups excluding carboxylic acids is 3. The summed E-state index contributed by atoms with van der Waals surface area (Å²) in [7, 11) is 1.69. The SMILES string of the molecule is CCN(CC1=C(c2cccc(C(F)(F)F)c2)C(=O)N(C)C12CCCCC2)C(=O)[C@@H](COCc1ccccc1)NC(=O)C(C)(C)N.O=C(O)C(F)(F)F. The molecule has 1 heterocycles. The highest BCUT2D eigenvalue weighted by Gasteiger charge is 2.51. The van der Waals surface area contributed by atoms with Gasteiger partial charge in [0.05, 0.1) is 35.4 Å². The second kappa shape index (κ2) is 16.9. The quantitative estimate of drug-likeness (QED) is 0.256. The minimum atomic E-state index is -5.08. The number of amides is 3. The zero-order valence-electron chi connectivity index (χ0n) is 29.4. The van der Waals surface area contributed by atoms with Gasteiger partial charge in [0.1, 0.15) is 6.04 Å². The zero-order chi connectivity index (χ0) is 39.1. The molecule has 2 aromatic carbocycles. The lowest BCUT2D eigenvalue weighted by Gasteiger charge is -2.43. The number of rotatable bonds is 11. The topological polar surface area (TPSA) is 142 Å². The number of ether oxygens (including phenoxy) is 1. The molecule has 2 aromatic rings. The molecule has 1 fully saturated rings. The van der Waals surface area contributed by atoms with Crippen molar-refractivity contribution in [1.82, 2.24) is 15.1 Å². The van der Waals surface area contributed by atoms with Crippen LogP contribution in [-0.2, 0) is 36.7 Å². The number of carboxylic acid groups (broad SMARTS) is 1. The standard InChI is InChI=1S/C34H43F3N4O4.C2HF3O2/c1-5-41(29(42)27(39-31(44)32(2,3)38)22-45-21-23-13-8-6-9-14-23)20-26-28(24-15-12-16-25(19-24)34(35,36)37)30(43)40(4)33(26)17-10-7-11-18-33;3-2(4,5)1(6)7/h6,8-9,12-16,19,27H,5,7,10-11,17-18,20-22,38H2,1-4H3,(H,39,44);(H,6,7)/t27-;/m1./s1. The van der Waals surface area contributed by atoms with Crippen LogP contribution in [0.2, 0.25) is 0 Å². The summed E-state index contributed by atoms with van der Waals surface area (Å²) in [5.41, 5.74) is 5.07. The van der Waals surface area contributed by atoms with Crippen molar-refractivity contribution in [3.05, 3.63) is 76.9 Å². The molecule has 10 nitrogen and oxygen atoms in total. The Kier molecular flexibility index (Phi) is 13.7. The van der Waals surface area contributed by atoms with E-state index in [0.29, 0.717) is 18.4 Å². The highest BCUT2D eigenvalue weighted by Crippen LogP contribution is 2.48. The fourth-order valence-electron chi connectivity index (χ4n) is 6.22. The number of halogens is 6. The Morgan fingerprint density at radius 3 is 2.12 bits per heavy atom. The van der Waals surface area contributed by atoms with Crippen molar-refractivity contribution < 1.29 is 55.4 Å². The van der Waals surface area contributed by atoms with Crippen molar-refractivity contribution in [2.24, 2.45) is 5.73 Å². The molecule has 16 heteroatoms. The van der Waals surface area contributed by atoms with E-state index in [4.69, 9.17) is 20.4 Å². The lowest BCUT2D eigenvalue weighted by molar-refractivity contribution is -0.192. The van der Waals surface area contributed by atoms with Crippen molar-refractivity contribution in [1.29, 1.82) is 0 Å². The maximum absolute atomic E-state index is 14.2. The summed E-state index contributed by atoms with van der Waals surface area (Å²) in [5.74, 6) is -4.10. The summed E-state index contributed by atoms with van der Waals surface area (Å²) in [5, 5.41) is 9.86. The number of carbonyl (C=O) groups is 4. The van der Waals surface area contributed by atoms with Gasteiger partial charge in [-0.1, -0.05) is 61.7 Å². The van der Waals surface area contributed by atoms with Gasteiger partial charge in [-0.05, 0) is 62.4 Å². The van der Waals surface area contributed by atoms with E-state index in [1.807, 2.05) is 30.3 Å². The smallest absolute Gasteiger partial charge is 0.475 e. The van der Waals surface area contributed by atoms with Crippen LogP contribution in [0.25, 0.3) is 5.57 Å². The number of benzene rings is 2. The minimum Gasteiger partial charge on any atom is -0.475 e. The van der Waals surface area contributed by atoms with Crippen molar-refractivity contribution in [2.75, 3.05) is 26.7 Å². The molecule has 4 rings (SSSR count). The Morgan fingerprint density at radius 2 is 1.60 bits per heavy atom. The Morgan fingerprint density at radius 1 is 1.00 bits per heavy atom. The second-order valence-electron chi connectivity index (χ2n) is 13.3. The van der Waals surface area contributed by atoms with Gasteiger partial charge in [0.15, 0.2) is 0 Å². The van der Waals surface area contributed by atoms with Crippen molar-refractivity contribution >= 4 is 29.3 Å². The highest BCUT2D eigenvalue weighted by molar-refractivity contribution is 6.23. The number of nitrogens with one attached hydrogen (secondary N) is 1. The molecule has 1 aliphatic carbocycles. The van der Waals surface area contributed by atoms with Gasteiger partial charge >= 0.3 is 18.3 Å². The van der Waals surface area contributed by atoms with E-state index in [-0.39, 0.29) is 43.3 Å². The van der Waals surface area contributed by atoms with E-state index in [2.05, 4.69) is 5.32 Å². The molecule has 1 spiro atoms. The summed E-state index contributed by atoms with van der Waals surface area (Å²) in [6.45, 7) is 5.17. The summed E-state index contributed by atoms with van der Waals surface area (Å²) >= 11 is 0. The van der Waals surface area contributed by atoms with Gasteiger partial charge < -0.3 is 30.7 Å². The summed E-state index contributed by atoms with van der Waals surface area (Å²) < 4.78 is 78.7. The Bertz CT molecular complexity index is 1620. The zero-order valence-corrected chi connectivity index (χ0v) is 29.4. The van der Waals surface area contributed by atoms with E-state index < -0.39 is 52.8 Å². The van der Waals surface area contributed by atoms with Gasteiger partial charge in [-0.25, -0.2) is 4.79 Å². The van der Waals surface area contributed by atoms with Crippen LogP contribution in [0.5, 0.6) is 0 Å². The van der Waals surface area contributed by atoms with Gasteiger partial charge in [0.2, 0.25) is 11.8 Å². The van der Waals surface area contributed by atoms with Gasteiger partial charge in [0.25, 0.3) is 5.91 Å². The first-order valence-corrected chi connectivity index (χ1v) is 16.6. The van der Waals surface area contributed by atoms with Gasteiger partial charge in [-0.3, -0.25) is 14.4 Å². The molecule has 2 aliphatic rings. The first-order valence-electron chi connectivity index (χ1n) is 16.6. The van der Waals surface area contributed by atoms with E-state index in [1.165, 1.54) is 30.9 Å². The number of alkyl halides is 6. The van der Waals surface area contributed by atoms with E-state index in [0.717, 1.165) is 37.0 Å². The predicted molar refractivity (Wildman–Crippen MR) is 179 cm³/mol. The van der Waals surface area contributed by atoms with Crippen LogP contribution < -0.4 is 11.1 Å². The Hall–Kier alpha value is -4.44. The largest absolute Gasteiger partial charge is 0.490 e. The van der Waals surface area contributed by atoms with E-state index in [1.54, 1.807) is 18.9 Å². The second-order valence-corrected chi connectivity index (χ2v) is 13.3. The first-order chi connectivity index (χ1) is 24.1. The third-order valence-corrected chi connectivity index (χ3v) is 9.05. The van der Waals surface area contributed by atoms with Crippen LogP contribution in [0.3, 0.4) is 0 Å². The molecule has 1 atom stereocenters. The minimum absolute atomic E-state index is 0.00800. The van der Waals surface area contributed by atoms with Crippen LogP contribution in [0.1, 0.15) is 69.6 Å². The fraction of sp³-hybridized carbons (Fsp3) is 0.500. The van der Waals surface area contributed by atoms with Crippen molar-refractivity contribution in [2.45, 2.75) is 89.0 Å². The van der Waals surface area contributed by atoms with Crippen LogP contribution in [0, 0.1) is 0 Å². The Labute approximate surface area is 298 Å². The average Bonchev–Trinajstić information content (AvgIpc) is 3.27. The predicted octanol–water partition coefficient (Wildman–Crippen LogP) is 5.55. The van der Waals surface area contributed by atoms with Crippen LogP contribution in [0.15, 0.2) is 60.2 Å². The van der Waals surface area contributed by atoms with E-state index >= 15 is 0 Å². The number of hydrogen-bond acceptors (Lipinski definition) is 6. The molecule has 286 valence electrons. The highest BCUT2D eigenvalue weighted by atomic mass is 19.4. The van der Waals surface area contributed by atoms with Crippen molar-refractivity contribution in [3.63, 3.8) is 0 Å². The molecule has 0 radical (unpaired) electrons. The third-order valence-electron chi connectivity index (χ3n) is 9.05. The molecule has 3 amide bonds. The number of nitrogens with two attached hydrogens (primary N) is 1. The number of hydrogen-bond donors (Lipinski definition) is 3. The number of likely N-dealkylation sites (N-methyl/N-ethyl adjacent to an activating group) is 2. The monoisotopic (exact) mass is 742 g/mol. The molecular formula is C36H44F6N4O6. The number of nitrogens with zero attached hydrogens (tertiary/aromatic N) is 2. The van der Waals surface area contributed by atoms with Crippen molar-refractivity contribution in [3.8, 4) is 0 Å². The normalized spacial score (nSPS) is 16.7.